The fraction of sp³-hybridized carbons (Fsp3) is 0.455. The molecular weight excluding hydrogens is 216 g/mol. The van der Waals surface area contributed by atoms with Crippen LogP contribution in [0, 0.1) is 11.6 Å². The minimum absolute atomic E-state index is 0.102. The highest BCUT2D eigenvalue weighted by atomic mass is 19.1. The molecule has 0 amide bonds. The molecule has 0 saturated carbocycles. The van der Waals surface area contributed by atoms with Gasteiger partial charge in [-0.15, -0.1) is 0 Å². The van der Waals surface area contributed by atoms with Crippen molar-refractivity contribution >= 4 is 0 Å². The van der Waals surface area contributed by atoms with Gasteiger partial charge in [-0.25, -0.2) is 8.78 Å². The highest BCUT2D eigenvalue weighted by Gasteiger charge is 2.10. The second-order valence-electron chi connectivity index (χ2n) is 3.20. The number of benzene rings is 1. The first-order chi connectivity index (χ1) is 7.67. The topological polar surface area (TPSA) is 44.5 Å². The molecule has 1 atom stereocenters. The largest absolute Gasteiger partial charge is 0.488 e. The van der Waals surface area contributed by atoms with Gasteiger partial charge in [0.2, 0.25) is 0 Å². The van der Waals surface area contributed by atoms with E-state index in [0.29, 0.717) is 6.61 Å². The summed E-state index contributed by atoms with van der Waals surface area (Å²) in [5.74, 6) is -1.27. The quantitative estimate of drug-likeness (QED) is 0.810. The van der Waals surface area contributed by atoms with Crippen molar-refractivity contribution in [2.75, 3.05) is 19.8 Å². The molecule has 0 aliphatic rings. The Kier molecular flexibility index (Phi) is 5.14. The summed E-state index contributed by atoms with van der Waals surface area (Å²) in [5.41, 5.74) is 5.42. The Hall–Kier alpha value is -1.20. The maximum absolute atomic E-state index is 13.1. The maximum atomic E-state index is 13.1. The highest BCUT2D eigenvalue weighted by molar-refractivity contribution is 5.24. The van der Waals surface area contributed by atoms with Crippen molar-refractivity contribution in [1.82, 2.24) is 0 Å². The molecule has 2 N–H and O–H groups in total. The van der Waals surface area contributed by atoms with Gasteiger partial charge < -0.3 is 15.2 Å². The standard InChI is InChI=1S/C11H15F2NO2/c1-2-15-9(6-14)7-16-11-5-8(12)3-4-10(11)13/h3-5,9H,2,6-7,14H2,1H3. The van der Waals surface area contributed by atoms with Crippen molar-refractivity contribution in [1.29, 1.82) is 0 Å². The number of ether oxygens (including phenoxy) is 2. The lowest BCUT2D eigenvalue weighted by molar-refractivity contribution is 0.0326. The summed E-state index contributed by atoms with van der Waals surface area (Å²) >= 11 is 0. The zero-order valence-corrected chi connectivity index (χ0v) is 9.08. The van der Waals surface area contributed by atoms with Crippen molar-refractivity contribution in [3.63, 3.8) is 0 Å². The molecule has 0 radical (unpaired) electrons. The molecule has 0 saturated heterocycles. The number of hydrogen-bond acceptors (Lipinski definition) is 3. The first-order valence-electron chi connectivity index (χ1n) is 5.07. The third-order valence-electron chi connectivity index (χ3n) is 1.98. The van der Waals surface area contributed by atoms with Gasteiger partial charge in [0.1, 0.15) is 18.5 Å². The average Bonchev–Trinajstić information content (AvgIpc) is 2.28. The van der Waals surface area contributed by atoms with Crippen molar-refractivity contribution in [3.05, 3.63) is 29.8 Å². The van der Waals surface area contributed by atoms with Gasteiger partial charge in [-0.1, -0.05) is 0 Å². The second-order valence-corrected chi connectivity index (χ2v) is 3.20. The third-order valence-corrected chi connectivity index (χ3v) is 1.98. The van der Waals surface area contributed by atoms with Crippen LogP contribution in [0.4, 0.5) is 8.78 Å². The molecule has 0 bridgehead atoms. The van der Waals surface area contributed by atoms with Crippen LogP contribution in [0.3, 0.4) is 0 Å². The van der Waals surface area contributed by atoms with Gasteiger partial charge in [0, 0.05) is 19.2 Å². The average molecular weight is 231 g/mol. The summed E-state index contributed by atoms with van der Waals surface area (Å²) in [6.07, 6.45) is -0.312. The summed E-state index contributed by atoms with van der Waals surface area (Å²) in [4.78, 5) is 0. The van der Waals surface area contributed by atoms with E-state index in [4.69, 9.17) is 15.2 Å². The van der Waals surface area contributed by atoms with Gasteiger partial charge in [0.05, 0.1) is 0 Å². The Balaban J connectivity index is 2.55. The Morgan fingerprint density at radius 3 is 2.75 bits per heavy atom. The lowest BCUT2D eigenvalue weighted by atomic mass is 10.3. The van der Waals surface area contributed by atoms with Gasteiger partial charge in [0.15, 0.2) is 11.6 Å². The van der Waals surface area contributed by atoms with E-state index in [1.165, 1.54) is 0 Å². The van der Waals surface area contributed by atoms with E-state index in [1.54, 1.807) is 0 Å². The summed E-state index contributed by atoms with van der Waals surface area (Å²) in [6.45, 7) is 2.69. The molecule has 90 valence electrons. The summed E-state index contributed by atoms with van der Waals surface area (Å²) in [7, 11) is 0. The van der Waals surface area contributed by atoms with Crippen molar-refractivity contribution < 1.29 is 18.3 Å². The molecule has 0 heterocycles. The number of rotatable bonds is 6. The Bertz CT molecular complexity index is 334. The van der Waals surface area contributed by atoms with Crippen molar-refractivity contribution in [2.45, 2.75) is 13.0 Å². The van der Waals surface area contributed by atoms with Crippen LogP contribution in [-0.2, 0) is 4.74 Å². The van der Waals surface area contributed by atoms with Crippen LogP contribution in [0.1, 0.15) is 6.92 Å². The van der Waals surface area contributed by atoms with Crippen LogP contribution >= 0.6 is 0 Å². The Labute approximate surface area is 93.2 Å². The van der Waals surface area contributed by atoms with E-state index < -0.39 is 11.6 Å². The van der Waals surface area contributed by atoms with Crippen molar-refractivity contribution in [2.24, 2.45) is 5.73 Å². The van der Waals surface area contributed by atoms with Gasteiger partial charge in [-0.3, -0.25) is 0 Å². The van der Waals surface area contributed by atoms with Crippen LogP contribution in [0.25, 0.3) is 0 Å². The van der Waals surface area contributed by atoms with E-state index in [0.717, 1.165) is 18.2 Å². The first-order valence-corrected chi connectivity index (χ1v) is 5.07. The van der Waals surface area contributed by atoms with Crippen LogP contribution in [0.2, 0.25) is 0 Å². The molecule has 0 spiro atoms. The lowest BCUT2D eigenvalue weighted by Crippen LogP contribution is -2.30. The van der Waals surface area contributed by atoms with Crippen LogP contribution < -0.4 is 10.5 Å². The Morgan fingerprint density at radius 2 is 2.12 bits per heavy atom. The van der Waals surface area contributed by atoms with E-state index >= 15 is 0 Å². The lowest BCUT2D eigenvalue weighted by Gasteiger charge is -2.15. The Morgan fingerprint density at radius 1 is 1.38 bits per heavy atom. The molecule has 1 rings (SSSR count). The van der Waals surface area contributed by atoms with Gasteiger partial charge in [0.25, 0.3) is 0 Å². The number of nitrogens with two attached hydrogens (primary N) is 1. The molecule has 0 aromatic heterocycles. The van der Waals surface area contributed by atoms with Crippen LogP contribution in [0.5, 0.6) is 5.75 Å². The third kappa shape index (κ3) is 3.75. The van der Waals surface area contributed by atoms with Crippen LogP contribution in [0.15, 0.2) is 18.2 Å². The molecule has 1 aromatic rings. The van der Waals surface area contributed by atoms with E-state index in [2.05, 4.69) is 0 Å². The van der Waals surface area contributed by atoms with Crippen LogP contribution in [-0.4, -0.2) is 25.9 Å². The zero-order chi connectivity index (χ0) is 12.0. The SMILES string of the molecule is CCOC(CN)COc1cc(F)ccc1F. The molecule has 3 nitrogen and oxygen atoms in total. The monoisotopic (exact) mass is 231 g/mol. The minimum atomic E-state index is -0.603. The maximum Gasteiger partial charge on any atom is 0.165 e. The minimum Gasteiger partial charge on any atom is -0.488 e. The molecule has 0 aliphatic carbocycles. The molecule has 1 unspecified atom stereocenters. The molecule has 5 heteroatoms. The normalized spacial score (nSPS) is 12.5. The smallest absolute Gasteiger partial charge is 0.165 e. The number of halogens is 2. The molecule has 0 aliphatic heterocycles. The molecule has 0 fully saturated rings. The summed E-state index contributed by atoms with van der Waals surface area (Å²) < 4.78 is 36.3. The zero-order valence-electron chi connectivity index (χ0n) is 9.08. The number of hydrogen-bond donors (Lipinski definition) is 1. The summed E-state index contributed by atoms with van der Waals surface area (Å²) in [5, 5.41) is 0. The molecule has 16 heavy (non-hydrogen) atoms. The predicted molar refractivity (Wildman–Crippen MR) is 56.3 cm³/mol. The van der Waals surface area contributed by atoms with E-state index in [-0.39, 0.29) is 25.0 Å². The van der Waals surface area contributed by atoms with Crippen molar-refractivity contribution in [3.8, 4) is 5.75 Å². The first kappa shape index (κ1) is 12.9. The van der Waals surface area contributed by atoms with Gasteiger partial charge >= 0.3 is 0 Å². The molecular formula is C11H15F2NO2. The second kappa shape index (κ2) is 6.40. The molecule has 1 aromatic carbocycles. The summed E-state index contributed by atoms with van der Waals surface area (Å²) in [6, 6.07) is 3.04. The fourth-order valence-corrected chi connectivity index (χ4v) is 1.19. The van der Waals surface area contributed by atoms with Gasteiger partial charge in [-0.2, -0.15) is 0 Å². The van der Waals surface area contributed by atoms with Gasteiger partial charge in [-0.05, 0) is 19.1 Å². The van der Waals surface area contributed by atoms with E-state index in [1.807, 2.05) is 6.92 Å². The fourth-order valence-electron chi connectivity index (χ4n) is 1.19. The predicted octanol–water partition coefficient (Wildman–Crippen LogP) is 1.71. The highest BCUT2D eigenvalue weighted by Crippen LogP contribution is 2.18. The van der Waals surface area contributed by atoms with E-state index in [9.17, 15) is 8.78 Å².